The maximum Gasteiger partial charge on any atom is 0.225 e. The Kier molecular flexibility index (Phi) is 2.75. The maximum atomic E-state index is 11.9. The molecule has 0 aliphatic heterocycles. The average molecular weight is 210 g/mol. The number of carbonyl (C=O) groups is 1. The molecule has 0 saturated heterocycles. The van der Waals surface area contributed by atoms with Crippen molar-refractivity contribution in [3.05, 3.63) is 0 Å². The van der Waals surface area contributed by atoms with Crippen LogP contribution in [0.1, 0.15) is 32.1 Å². The Morgan fingerprint density at radius 3 is 2.20 bits per heavy atom. The van der Waals surface area contributed by atoms with Crippen molar-refractivity contribution < 1.29 is 4.79 Å². The Hall–Kier alpha value is -0.570. The van der Waals surface area contributed by atoms with Gasteiger partial charge < -0.3 is 9.80 Å². The van der Waals surface area contributed by atoms with E-state index in [1.54, 1.807) is 0 Å². The molecule has 0 N–H and O–H groups in total. The first-order valence-electron chi connectivity index (χ1n) is 5.98. The Bertz CT molecular complexity index is 254. The minimum atomic E-state index is 0.277. The van der Waals surface area contributed by atoms with Crippen LogP contribution in [0, 0.1) is 5.92 Å². The lowest BCUT2D eigenvalue weighted by Gasteiger charge is -2.49. The highest BCUT2D eigenvalue weighted by molar-refractivity contribution is 5.80. The van der Waals surface area contributed by atoms with Crippen LogP contribution in [0.2, 0.25) is 0 Å². The SMILES string of the molecule is CN(CC1(N(C)C)CCC1)C(=O)C1CC1. The van der Waals surface area contributed by atoms with Crippen LogP contribution in [0.15, 0.2) is 0 Å². The van der Waals surface area contributed by atoms with E-state index in [4.69, 9.17) is 0 Å². The van der Waals surface area contributed by atoms with Crippen molar-refractivity contribution in [2.75, 3.05) is 27.7 Å². The standard InChI is InChI=1S/C12H22N2O/c1-13(2)12(7-4-8-12)9-14(3)11(15)10-5-6-10/h10H,4-9H2,1-3H3. The van der Waals surface area contributed by atoms with Crippen molar-refractivity contribution in [1.82, 2.24) is 9.80 Å². The summed E-state index contributed by atoms with van der Waals surface area (Å²) in [7, 11) is 6.23. The van der Waals surface area contributed by atoms with Gasteiger partial charge >= 0.3 is 0 Å². The van der Waals surface area contributed by atoms with E-state index in [-0.39, 0.29) is 5.54 Å². The predicted octanol–water partition coefficient (Wildman–Crippen LogP) is 1.34. The lowest BCUT2D eigenvalue weighted by atomic mass is 9.75. The summed E-state index contributed by atoms with van der Waals surface area (Å²) in [4.78, 5) is 16.1. The van der Waals surface area contributed by atoms with Crippen LogP contribution in [0.5, 0.6) is 0 Å². The topological polar surface area (TPSA) is 23.6 Å². The molecule has 0 unspecified atom stereocenters. The van der Waals surface area contributed by atoms with Gasteiger partial charge in [0.1, 0.15) is 0 Å². The molecule has 0 aromatic carbocycles. The molecule has 3 heteroatoms. The number of likely N-dealkylation sites (N-methyl/N-ethyl adjacent to an activating group) is 2. The minimum absolute atomic E-state index is 0.277. The fourth-order valence-corrected chi connectivity index (χ4v) is 2.49. The van der Waals surface area contributed by atoms with Gasteiger partial charge in [-0.1, -0.05) is 0 Å². The second-order valence-electron chi connectivity index (χ2n) is 5.44. The van der Waals surface area contributed by atoms with Crippen LogP contribution in [0.25, 0.3) is 0 Å². The lowest BCUT2D eigenvalue weighted by Crippen LogP contribution is -2.57. The molecule has 0 heterocycles. The largest absolute Gasteiger partial charge is 0.344 e. The summed E-state index contributed by atoms with van der Waals surface area (Å²) >= 11 is 0. The molecule has 15 heavy (non-hydrogen) atoms. The molecule has 2 aliphatic carbocycles. The third-order valence-electron chi connectivity index (χ3n) is 4.07. The lowest BCUT2D eigenvalue weighted by molar-refractivity contribution is -0.134. The van der Waals surface area contributed by atoms with E-state index in [0.29, 0.717) is 11.8 Å². The fraction of sp³-hybridized carbons (Fsp3) is 0.917. The third-order valence-corrected chi connectivity index (χ3v) is 4.07. The first kappa shape index (κ1) is 10.9. The maximum absolute atomic E-state index is 11.9. The summed E-state index contributed by atoms with van der Waals surface area (Å²) in [5.74, 6) is 0.720. The van der Waals surface area contributed by atoms with E-state index < -0.39 is 0 Å². The summed E-state index contributed by atoms with van der Waals surface area (Å²) in [5, 5.41) is 0. The van der Waals surface area contributed by atoms with Gasteiger partial charge in [0.15, 0.2) is 0 Å². The quantitative estimate of drug-likeness (QED) is 0.699. The second-order valence-corrected chi connectivity index (χ2v) is 5.44. The van der Waals surface area contributed by atoms with Gasteiger partial charge in [-0.2, -0.15) is 0 Å². The summed E-state index contributed by atoms with van der Waals surface area (Å²) < 4.78 is 0. The number of amides is 1. The van der Waals surface area contributed by atoms with Crippen molar-refractivity contribution in [2.24, 2.45) is 5.92 Å². The van der Waals surface area contributed by atoms with Crippen LogP contribution in [0.3, 0.4) is 0 Å². The summed E-state index contributed by atoms with van der Waals surface area (Å²) in [5.41, 5.74) is 0.277. The number of carbonyl (C=O) groups excluding carboxylic acids is 1. The molecule has 86 valence electrons. The predicted molar refractivity (Wildman–Crippen MR) is 60.6 cm³/mol. The van der Waals surface area contributed by atoms with Gasteiger partial charge in [0.2, 0.25) is 5.91 Å². The van der Waals surface area contributed by atoms with Gasteiger partial charge in [-0.05, 0) is 46.2 Å². The van der Waals surface area contributed by atoms with Crippen molar-refractivity contribution in [2.45, 2.75) is 37.6 Å². The molecule has 0 bridgehead atoms. The van der Waals surface area contributed by atoms with Crippen molar-refractivity contribution in [3.63, 3.8) is 0 Å². The van der Waals surface area contributed by atoms with Gasteiger partial charge in [0, 0.05) is 25.0 Å². The molecule has 2 fully saturated rings. The first-order valence-corrected chi connectivity index (χ1v) is 5.98. The van der Waals surface area contributed by atoms with E-state index in [2.05, 4.69) is 19.0 Å². The Labute approximate surface area is 92.4 Å². The summed E-state index contributed by atoms with van der Waals surface area (Å²) in [6.07, 6.45) is 6.00. The van der Waals surface area contributed by atoms with Crippen LogP contribution in [-0.4, -0.2) is 48.9 Å². The number of hydrogen-bond donors (Lipinski definition) is 0. The number of hydrogen-bond acceptors (Lipinski definition) is 2. The van der Waals surface area contributed by atoms with E-state index in [1.165, 1.54) is 19.3 Å². The van der Waals surface area contributed by atoms with Gasteiger partial charge in [0.05, 0.1) is 0 Å². The third kappa shape index (κ3) is 2.03. The van der Waals surface area contributed by atoms with Crippen LogP contribution in [-0.2, 0) is 4.79 Å². The highest BCUT2D eigenvalue weighted by atomic mass is 16.2. The highest BCUT2D eigenvalue weighted by Gasteiger charge is 2.42. The van der Waals surface area contributed by atoms with E-state index in [9.17, 15) is 4.79 Å². The fourth-order valence-electron chi connectivity index (χ4n) is 2.49. The zero-order valence-corrected chi connectivity index (χ0v) is 10.1. The van der Waals surface area contributed by atoms with E-state index in [1.807, 2.05) is 11.9 Å². The molecule has 0 aromatic rings. The second kappa shape index (κ2) is 3.78. The zero-order valence-electron chi connectivity index (χ0n) is 10.1. The van der Waals surface area contributed by atoms with Crippen molar-refractivity contribution in [1.29, 1.82) is 0 Å². The Balaban J connectivity index is 1.91. The molecular weight excluding hydrogens is 188 g/mol. The van der Waals surface area contributed by atoms with Gasteiger partial charge in [0.25, 0.3) is 0 Å². The van der Waals surface area contributed by atoms with Gasteiger partial charge in [-0.3, -0.25) is 4.79 Å². The van der Waals surface area contributed by atoms with E-state index >= 15 is 0 Å². The normalized spacial score (nSPS) is 23.7. The molecule has 2 rings (SSSR count). The molecule has 0 radical (unpaired) electrons. The molecule has 0 spiro atoms. The molecule has 0 atom stereocenters. The molecule has 2 saturated carbocycles. The van der Waals surface area contributed by atoms with E-state index in [0.717, 1.165) is 19.4 Å². The summed E-state index contributed by atoms with van der Waals surface area (Å²) in [6.45, 7) is 0.912. The summed E-state index contributed by atoms with van der Waals surface area (Å²) in [6, 6.07) is 0. The van der Waals surface area contributed by atoms with Crippen molar-refractivity contribution in [3.8, 4) is 0 Å². The molecule has 2 aliphatic rings. The molecule has 0 aromatic heterocycles. The minimum Gasteiger partial charge on any atom is -0.344 e. The highest BCUT2D eigenvalue weighted by Crippen LogP contribution is 2.38. The zero-order chi connectivity index (χ0) is 11.1. The van der Waals surface area contributed by atoms with Crippen LogP contribution in [0.4, 0.5) is 0 Å². The smallest absolute Gasteiger partial charge is 0.225 e. The average Bonchev–Trinajstić information content (AvgIpc) is 2.91. The van der Waals surface area contributed by atoms with Gasteiger partial charge in [-0.15, -0.1) is 0 Å². The molecular formula is C12H22N2O. The van der Waals surface area contributed by atoms with Crippen LogP contribution < -0.4 is 0 Å². The molecule has 1 amide bonds. The van der Waals surface area contributed by atoms with Crippen LogP contribution >= 0.6 is 0 Å². The Morgan fingerprint density at radius 2 is 1.87 bits per heavy atom. The van der Waals surface area contributed by atoms with Gasteiger partial charge in [-0.25, -0.2) is 0 Å². The molecule has 3 nitrogen and oxygen atoms in total. The first-order chi connectivity index (χ1) is 7.05. The number of rotatable bonds is 4. The van der Waals surface area contributed by atoms with Crippen molar-refractivity contribution >= 4 is 5.91 Å². The number of nitrogens with zero attached hydrogens (tertiary/aromatic N) is 2. The Morgan fingerprint density at radius 1 is 1.27 bits per heavy atom. The monoisotopic (exact) mass is 210 g/mol.